The third-order valence-electron chi connectivity index (χ3n) is 4.77. The smallest absolute Gasteiger partial charge is 0.253 e. The minimum absolute atomic E-state index is 0.00665. The van der Waals surface area contributed by atoms with Gasteiger partial charge in [-0.1, -0.05) is 44.2 Å². The van der Waals surface area contributed by atoms with Crippen molar-refractivity contribution in [1.82, 2.24) is 10.2 Å². The van der Waals surface area contributed by atoms with Crippen LogP contribution in [0.15, 0.2) is 54.6 Å². The minimum atomic E-state index is -0.107. The summed E-state index contributed by atoms with van der Waals surface area (Å²) in [4.78, 5) is 26.5. The highest BCUT2D eigenvalue weighted by Crippen LogP contribution is 2.21. The van der Waals surface area contributed by atoms with E-state index in [4.69, 9.17) is 0 Å². The van der Waals surface area contributed by atoms with E-state index < -0.39 is 0 Å². The normalized spacial score (nSPS) is 11.9. The van der Waals surface area contributed by atoms with Gasteiger partial charge in [-0.3, -0.25) is 9.59 Å². The van der Waals surface area contributed by atoms with Crippen LogP contribution in [-0.2, 0) is 4.79 Å². The summed E-state index contributed by atoms with van der Waals surface area (Å²) in [6.07, 6.45) is 0. The van der Waals surface area contributed by atoms with Crippen molar-refractivity contribution >= 4 is 17.5 Å². The van der Waals surface area contributed by atoms with Crippen LogP contribution in [0, 0.1) is 5.92 Å². The molecule has 5 nitrogen and oxygen atoms in total. The quantitative estimate of drug-likeness (QED) is 0.688. The summed E-state index contributed by atoms with van der Waals surface area (Å²) in [5, 5.41) is 6.23. The Hall–Kier alpha value is -2.66. The number of benzene rings is 2. The molecular formula is C23H31N3O2. The SMILES string of the molecule is CCN(CC)C(=O)c1ccc(NC(=O)CN[C@@H](c2ccccc2)C(C)C)cc1. The number of amides is 2. The van der Waals surface area contributed by atoms with Crippen LogP contribution < -0.4 is 10.6 Å². The number of rotatable bonds is 9. The van der Waals surface area contributed by atoms with Crippen molar-refractivity contribution in [1.29, 1.82) is 0 Å². The maximum atomic E-state index is 12.3. The van der Waals surface area contributed by atoms with Crippen LogP contribution in [-0.4, -0.2) is 36.3 Å². The number of hydrogen-bond donors (Lipinski definition) is 2. The molecule has 0 aromatic heterocycles. The zero-order chi connectivity index (χ0) is 20.5. The van der Waals surface area contributed by atoms with E-state index in [0.717, 1.165) is 0 Å². The lowest BCUT2D eigenvalue weighted by Gasteiger charge is -2.22. The first kappa shape index (κ1) is 21.6. The molecule has 150 valence electrons. The van der Waals surface area contributed by atoms with Crippen LogP contribution >= 0.6 is 0 Å². The van der Waals surface area contributed by atoms with Crippen molar-refractivity contribution in [3.63, 3.8) is 0 Å². The molecule has 0 saturated heterocycles. The van der Waals surface area contributed by atoms with E-state index in [2.05, 4.69) is 36.6 Å². The van der Waals surface area contributed by atoms with Crippen LogP contribution in [0.5, 0.6) is 0 Å². The van der Waals surface area contributed by atoms with Gasteiger partial charge in [0.25, 0.3) is 5.91 Å². The monoisotopic (exact) mass is 381 g/mol. The molecule has 2 N–H and O–H groups in total. The standard InChI is InChI=1S/C23H31N3O2/c1-5-26(6-2)23(28)19-12-14-20(15-13-19)25-21(27)16-24-22(17(3)4)18-10-8-7-9-11-18/h7-15,17,22,24H,5-6,16H2,1-4H3,(H,25,27)/t22-/m1/s1. The van der Waals surface area contributed by atoms with Crippen LogP contribution in [0.3, 0.4) is 0 Å². The van der Waals surface area contributed by atoms with Crippen LogP contribution in [0.2, 0.25) is 0 Å². The molecule has 0 spiro atoms. The molecule has 0 aliphatic carbocycles. The second-order valence-electron chi connectivity index (χ2n) is 7.12. The number of nitrogens with zero attached hydrogens (tertiary/aromatic N) is 1. The zero-order valence-electron chi connectivity index (χ0n) is 17.2. The summed E-state index contributed by atoms with van der Waals surface area (Å²) in [6.45, 7) is 9.77. The first-order valence-corrected chi connectivity index (χ1v) is 9.93. The van der Waals surface area contributed by atoms with Gasteiger partial charge in [0, 0.05) is 30.4 Å². The van der Waals surface area contributed by atoms with E-state index in [1.54, 1.807) is 29.2 Å². The van der Waals surface area contributed by atoms with Gasteiger partial charge in [0.1, 0.15) is 0 Å². The molecule has 0 fully saturated rings. The Bertz CT molecular complexity index is 753. The number of carbonyl (C=O) groups is 2. The lowest BCUT2D eigenvalue weighted by Crippen LogP contribution is -2.33. The topological polar surface area (TPSA) is 61.4 Å². The fourth-order valence-electron chi connectivity index (χ4n) is 3.20. The molecule has 0 unspecified atom stereocenters. The Morgan fingerprint density at radius 1 is 0.929 bits per heavy atom. The molecule has 28 heavy (non-hydrogen) atoms. The number of anilines is 1. The van der Waals surface area contributed by atoms with Gasteiger partial charge in [-0.15, -0.1) is 0 Å². The lowest BCUT2D eigenvalue weighted by atomic mass is 9.96. The first-order chi connectivity index (χ1) is 13.5. The molecule has 0 aliphatic heterocycles. The van der Waals surface area contributed by atoms with Crippen molar-refractivity contribution < 1.29 is 9.59 Å². The Balaban J connectivity index is 1.93. The van der Waals surface area contributed by atoms with E-state index in [-0.39, 0.29) is 24.4 Å². The third-order valence-corrected chi connectivity index (χ3v) is 4.77. The second kappa shape index (κ2) is 10.6. The Labute approximate surface area is 168 Å². The molecular weight excluding hydrogens is 350 g/mol. The Kier molecular flexibility index (Phi) is 8.20. The predicted octanol–water partition coefficient (Wildman–Crippen LogP) is 4.09. The van der Waals surface area contributed by atoms with E-state index in [1.807, 2.05) is 32.0 Å². The van der Waals surface area contributed by atoms with Crippen molar-refractivity contribution in [3.05, 3.63) is 65.7 Å². The second-order valence-corrected chi connectivity index (χ2v) is 7.12. The average molecular weight is 382 g/mol. The van der Waals surface area contributed by atoms with Gasteiger partial charge < -0.3 is 15.5 Å². The maximum Gasteiger partial charge on any atom is 0.253 e. The highest BCUT2D eigenvalue weighted by atomic mass is 16.2. The predicted molar refractivity (Wildman–Crippen MR) is 114 cm³/mol. The first-order valence-electron chi connectivity index (χ1n) is 9.93. The van der Waals surface area contributed by atoms with E-state index in [9.17, 15) is 9.59 Å². The van der Waals surface area contributed by atoms with Crippen molar-refractivity contribution in [2.45, 2.75) is 33.7 Å². The number of hydrogen-bond acceptors (Lipinski definition) is 3. The highest BCUT2D eigenvalue weighted by Gasteiger charge is 2.16. The molecule has 0 aliphatic rings. The van der Waals surface area contributed by atoms with Gasteiger partial charge in [0.15, 0.2) is 0 Å². The molecule has 0 saturated carbocycles. The van der Waals surface area contributed by atoms with E-state index >= 15 is 0 Å². The maximum absolute atomic E-state index is 12.3. The molecule has 0 radical (unpaired) electrons. The molecule has 0 bridgehead atoms. The largest absolute Gasteiger partial charge is 0.339 e. The fourth-order valence-corrected chi connectivity index (χ4v) is 3.20. The molecule has 0 heterocycles. The Morgan fingerprint density at radius 2 is 1.54 bits per heavy atom. The van der Waals surface area contributed by atoms with Gasteiger partial charge >= 0.3 is 0 Å². The number of nitrogens with one attached hydrogen (secondary N) is 2. The number of carbonyl (C=O) groups excluding carboxylic acids is 2. The summed E-state index contributed by atoms with van der Waals surface area (Å²) in [7, 11) is 0. The molecule has 2 rings (SSSR count). The molecule has 5 heteroatoms. The van der Waals surface area contributed by atoms with Crippen LogP contribution in [0.1, 0.15) is 49.7 Å². The molecule has 2 amide bonds. The van der Waals surface area contributed by atoms with Gasteiger partial charge in [-0.2, -0.15) is 0 Å². The summed E-state index contributed by atoms with van der Waals surface area (Å²) in [5.41, 5.74) is 2.48. The third kappa shape index (κ3) is 5.92. The summed E-state index contributed by atoms with van der Waals surface area (Å²) < 4.78 is 0. The van der Waals surface area contributed by atoms with E-state index in [1.165, 1.54) is 5.56 Å². The average Bonchev–Trinajstić information content (AvgIpc) is 2.70. The molecule has 1 atom stereocenters. The van der Waals surface area contributed by atoms with Crippen molar-refractivity contribution in [2.24, 2.45) is 5.92 Å². The summed E-state index contributed by atoms with van der Waals surface area (Å²) in [6, 6.07) is 17.3. The Morgan fingerprint density at radius 3 is 2.07 bits per heavy atom. The highest BCUT2D eigenvalue weighted by molar-refractivity contribution is 5.96. The molecule has 2 aromatic rings. The van der Waals surface area contributed by atoms with Gasteiger partial charge in [0.2, 0.25) is 5.91 Å². The van der Waals surface area contributed by atoms with Crippen LogP contribution in [0.25, 0.3) is 0 Å². The van der Waals surface area contributed by atoms with Crippen molar-refractivity contribution in [3.8, 4) is 0 Å². The zero-order valence-corrected chi connectivity index (χ0v) is 17.2. The van der Waals surface area contributed by atoms with Gasteiger partial charge in [-0.05, 0) is 49.6 Å². The fraction of sp³-hybridized carbons (Fsp3) is 0.391. The lowest BCUT2D eigenvalue weighted by molar-refractivity contribution is -0.115. The summed E-state index contributed by atoms with van der Waals surface area (Å²) in [5.74, 6) is 0.261. The van der Waals surface area contributed by atoms with Gasteiger partial charge in [0.05, 0.1) is 6.54 Å². The summed E-state index contributed by atoms with van der Waals surface area (Å²) >= 11 is 0. The van der Waals surface area contributed by atoms with Crippen LogP contribution in [0.4, 0.5) is 5.69 Å². The van der Waals surface area contributed by atoms with Gasteiger partial charge in [-0.25, -0.2) is 0 Å². The van der Waals surface area contributed by atoms with E-state index in [0.29, 0.717) is 30.3 Å². The van der Waals surface area contributed by atoms with Crippen molar-refractivity contribution in [2.75, 3.05) is 25.0 Å². The minimum Gasteiger partial charge on any atom is -0.339 e. The molecule has 2 aromatic carbocycles.